The number of rotatable bonds is 4. The maximum Gasteiger partial charge on any atom is 0.257 e. The van der Waals surface area contributed by atoms with Gasteiger partial charge in [0, 0.05) is 18.9 Å². The van der Waals surface area contributed by atoms with Gasteiger partial charge in [0.2, 0.25) is 0 Å². The number of methoxy groups -OCH3 is 1. The van der Waals surface area contributed by atoms with Crippen molar-refractivity contribution in [2.75, 3.05) is 13.7 Å². The van der Waals surface area contributed by atoms with Crippen molar-refractivity contribution in [1.82, 2.24) is 19.7 Å². The van der Waals surface area contributed by atoms with Crippen molar-refractivity contribution in [2.24, 2.45) is 0 Å². The first kappa shape index (κ1) is 17.3. The van der Waals surface area contributed by atoms with Crippen LogP contribution in [0, 0.1) is 0 Å². The van der Waals surface area contributed by atoms with Gasteiger partial charge < -0.3 is 9.64 Å². The molecule has 0 aliphatic carbocycles. The molecule has 0 spiro atoms. The molecule has 1 fully saturated rings. The van der Waals surface area contributed by atoms with Gasteiger partial charge in [-0.3, -0.25) is 9.78 Å². The maximum absolute atomic E-state index is 13.2. The van der Waals surface area contributed by atoms with Gasteiger partial charge in [-0.25, -0.2) is 4.68 Å². The summed E-state index contributed by atoms with van der Waals surface area (Å²) in [5.41, 5.74) is 2.32. The minimum Gasteiger partial charge on any atom is -0.494 e. The van der Waals surface area contributed by atoms with Crippen LogP contribution < -0.4 is 4.74 Å². The molecule has 1 saturated heterocycles. The second kappa shape index (κ2) is 7.61. The Balaban J connectivity index is 1.61. The van der Waals surface area contributed by atoms with Crippen LogP contribution in [-0.2, 0) is 0 Å². The van der Waals surface area contributed by atoms with Crippen molar-refractivity contribution in [1.29, 1.82) is 0 Å². The normalized spacial score (nSPS) is 16.9. The van der Waals surface area contributed by atoms with Crippen molar-refractivity contribution < 1.29 is 9.53 Å². The Kier molecular flexibility index (Phi) is 4.87. The van der Waals surface area contributed by atoms with E-state index in [0.717, 1.165) is 37.2 Å². The summed E-state index contributed by atoms with van der Waals surface area (Å²) in [7, 11) is 1.62. The molecule has 2 aromatic heterocycles. The molecule has 0 saturated carbocycles. The monoisotopic (exact) mass is 362 g/mol. The Bertz CT molecular complexity index is 923. The highest BCUT2D eigenvalue weighted by Gasteiger charge is 2.30. The second-order valence-electron chi connectivity index (χ2n) is 6.61. The summed E-state index contributed by atoms with van der Waals surface area (Å²) in [6.45, 7) is 0.736. The van der Waals surface area contributed by atoms with Crippen LogP contribution in [0.5, 0.6) is 5.75 Å². The summed E-state index contributed by atoms with van der Waals surface area (Å²) in [5, 5.41) is 4.38. The highest BCUT2D eigenvalue weighted by molar-refractivity contribution is 5.94. The zero-order valence-electron chi connectivity index (χ0n) is 15.3. The van der Waals surface area contributed by atoms with E-state index in [-0.39, 0.29) is 11.9 Å². The zero-order chi connectivity index (χ0) is 18.6. The van der Waals surface area contributed by atoms with Gasteiger partial charge in [-0.05, 0) is 43.5 Å². The van der Waals surface area contributed by atoms with Gasteiger partial charge in [-0.1, -0.05) is 18.2 Å². The molecule has 6 nitrogen and oxygen atoms in total. The van der Waals surface area contributed by atoms with E-state index in [1.54, 1.807) is 30.4 Å². The third kappa shape index (κ3) is 3.43. The van der Waals surface area contributed by atoms with Crippen molar-refractivity contribution in [2.45, 2.75) is 25.3 Å². The minimum absolute atomic E-state index is 0.00787. The number of piperidine rings is 1. The van der Waals surface area contributed by atoms with E-state index < -0.39 is 0 Å². The molecule has 3 aromatic rings. The van der Waals surface area contributed by atoms with Gasteiger partial charge in [-0.2, -0.15) is 5.10 Å². The molecule has 0 bridgehead atoms. The second-order valence-corrected chi connectivity index (χ2v) is 6.61. The molecule has 1 aliphatic rings. The van der Waals surface area contributed by atoms with Gasteiger partial charge in [0.15, 0.2) is 0 Å². The lowest BCUT2D eigenvalue weighted by Gasteiger charge is -2.35. The maximum atomic E-state index is 13.2. The topological polar surface area (TPSA) is 60.2 Å². The molecule has 1 atom stereocenters. The lowest BCUT2D eigenvalue weighted by atomic mass is 9.98. The first-order valence-corrected chi connectivity index (χ1v) is 9.18. The third-order valence-corrected chi connectivity index (χ3v) is 4.95. The van der Waals surface area contributed by atoms with Crippen molar-refractivity contribution in [3.8, 4) is 11.4 Å². The summed E-state index contributed by atoms with van der Waals surface area (Å²) in [6, 6.07) is 13.5. The molecule has 1 aromatic carbocycles. The molecule has 138 valence electrons. The number of pyridine rings is 1. The van der Waals surface area contributed by atoms with E-state index in [1.165, 1.54) is 0 Å². The zero-order valence-corrected chi connectivity index (χ0v) is 15.3. The molecular weight excluding hydrogens is 340 g/mol. The molecule has 1 amide bonds. The molecule has 4 rings (SSSR count). The molecule has 27 heavy (non-hydrogen) atoms. The van der Waals surface area contributed by atoms with Gasteiger partial charge in [0.1, 0.15) is 11.4 Å². The van der Waals surface area contributed by atoms with Gasteiger partial charge in [0.05, 0.1) is 30.6 Å². The molecule has 0 unspecified atom stereocenters. The Hall–Kier alpha value is -3.15. The summed E-state index contributed by atoms with van der Waals surface area (Å²) in [6.07, 6.45) is 8.22. The highest BCUT2D eigenvalue weighted by Crippen LogP contribution is 2.31. The van der Waals surface area contributed by atoms with E-state index in [1.807, 2.05) is 47.4 Å². The average molecular weight is 362 g/mol. The van der Waals surface area contributed by atoms with Crippen LogP contribution in [-0.4, -0.2) is 39.2 Å². The standard InChI is InChI=1S/C21H22N4O2/c1-27-20-11-3-2-10-19(20)25-15-16(14-23-25)21(26)24-13-7-5-9-18(24)17-8-4-6-12-22-17/h2-4,6,8,10-12,14-15,18H,5,7,9,13H2,1H3/t18-/m1/s1. The van der Waals surface area contributed by atoms with Gasteiger partial charge in [-0.15, -0.1) is 0 Å². The number of carbonyl (C=O) groups excluding carboxylic acids is 1. The average Bonchev–Trinajstić information content (AvgIpc) is 3.24. The Morgan fingerprint density at radius 3 is 2.81 bits per heavy atom. The fraction of sp³-hybridized carbons (Fsp3) is 0.286. The Labute approximate surface area is 158 Å². The Morgan fingerprint density at radius 1 is 1.15 bits per heavy atom. The smallest absolute Gasteiger partial charge is 0.257 e. The summed E-state index contributed by atoms with van der Waals surface area (Å²) >= 11 is 0. The SMILES string of the molecule is COc1ccccc1-n1cc(C(=O)N2CCCC[C@@H]2c2ccccn2)cn1. The van der Waals surface area contributed by atoms with Gasteiger partial charge in [0.25, 0.3) is 5.91 Å². The number of para-hydroxylation sites is 2. The predicted octanol–water partition coefficient (Wildman–Crippen LogP) is 3.64. The summed E-state index contributed by atoms with van der Waals surface area (Å²) < 4.78 is 7.08. The van der Waals surface area contributed by atoms with Crippen LogP contribution in [0.1, 0.15) is 41.4 Å². The van der Waals surface area contributed by atoms with Crippen LogP contribution >= 0.6 is 0 Å². The van der Waals surface area contributed by atoms with Crippen LogP contribution in [0.25, 0.3) is 5.69 Å². The molecule has 3 heterocycles. The fourth-order valence-corrected chi connectivity index (χ4v) is 3.61. The van der Waals surface area contributed by atoms with Crippen LogP contribution in [0.3, 0.4) is 0 Å². The third-order valence-electron chi connectivity index (χ3n) is 4.95. The van der Waals surface area contributed by atoms with Crippen LogP contribution in [0.2, 0.25) is 0 Å². The number of amides is 1. The van der Waals surface area contributed by atoms with Crippen molar-refractivity contribution in [3.63, 3.8) is 0 Å². The number of hydrogen-bond donors (Lipinski definition) is 0. The number of hydrogen-bond acceptors (Lipinski definition) is 4. The Morgan fingerprint density at radius 2 is 2.00 bits per heavy atom. The van der Waals surface area contributed by atoms with Crippen LogP contribution in [0.15, 0.2) is 61.1 Å². The van der Waals surface area contributed by atoms with Crippen LogP contribution in [0.4, 0.5) is 0 Å². The summed E-state index contributed by atoms with van der Waals surface area (Å²) in [5.74, 6) is 0.704. The van der Waals surface area contributed by atoms with E-state index in [2.05, 4.69) is 10.1 Å². The first-order chi connectivity index (χ1) is 13.3. The number of nitrogens with zero attached hydrogens (tertiary/aromatic N) is 4. The number of aromatic nitrogens is 3. The van der Waals surface area contributed by atoms with E-state index in [0.29, 0.717) is 11.3 Å². The van der Waals surface area contributed by atoms with E-state index >= 15 is 0 Å². The predicted molar refractivity (Wildman–Crippen MR) is 102 cm³/mol. The minimum atomic E-state index is -0.00787. The molecule has 6 heteroatoms. The number of benzene rings is 1. The number of likely N-dealkylation sites (tertiary alicyclic amines) is 1. The molecule has 1 aliphatic heterocycles. The number of ether oxygens (including phenoxy) is 1. The lowest BCUT2D eigenvalue weighted by Crippen LogP contribution is -2.38. The van der Waals surface area contributed by atoms with E-state index in [9.17, 15) is 4.79 Å². The largest absolute Gasteiger partial charge is 0.494 e. The van der Waals surface area contributed by atoms with Crippen molar-refractivity contribution in [3.05, 3.63) is 72.3 Å². The molecule has 0 radical (unpaired) electrons. The van der Waals surface area contributed by atoms with Crippen molar-refractivity contribution >= 4 is 5.91 Å². The summed E-state index contributed by atoms with van der Waals surface area (Å²) in [4.78, 5) is 19.6. The number of carbonyl (C=O) groups is 1. The first-order valence-electron chi connectivity index (χ1n) is 9.18. The fourth-order valence-electron chi connectivity index (χ4n) is 3.61. The lowest BCUT2D eigenvalue weighted by molar-refractivity contribution is 0.0606. The van der Waals surface area contributed by atoms with Gasteiger partial charge >= 0.3 is 0 Å². The highest BCUT2D eigenvalue weighted by atomic mass is 16.5. The quantitative estimate of drug-likeness (QED) is 0.711. The molecular formula is C21H22N4O2. The molecule has 0 N–H and O–H groups in total. The van der Waals surface area contributed by atoms with E-state index in [4.69, 9.17) is 4.74 Å².